The van der Waals surface area contributed by atoms with Gasteiger partial charge in [-0.15, -0.1) is 0 Å². The van der Waals surface area contributed by atoms with Gasteiger partial charge in [0, 0.05) is 23.5 Å². The maximum absolute atomic E-state index is 12.4. The van der Waals surface area contributed by atoms with Crippen LogP contribution in [-0.4, -0.2) is 31.2 Å². The Hall–Kier alpha value is -2.50. The molecule has 6 nitrogen and oxygen atoms in total. The fraction of sp³-hybridized carbons (Fsp3) is 0.524. The third-order valence-corrected chi connectivity index (χ3v) is 4.52. The van der Waals surface area contributed by atoms with E-state index in [0.29, 0.717) is 19.1 Å². The predicted octanol–water partition coefficient (Wildman–Crippen LogP) is 3.87. The Morgan fingerprint density at radius 3 is 2.56 bits per heavy atom. The zero-order valence-corrected chi connectivity index (χ0v) is 16.8. The molecule has 0 radical (unpaired) electrons. The fourth-order valence-corrected chi connectivity index (χ4v) is 3.05. The van der Waals surface area contributed by atoms with Crippen molar-refractivity contribution in [2.24, 2.45) is 5.92 Å². The molecule has 0 aliphatic heterocycles. The quantitative estimate of drug-likeness (QED) is 0.735. The molecule has 2 rings (SSSR count). The minimum absolute atomic E-state index is 0.102. The first-order chi connectivity index (χ1) is 12.8. The van der Waals surface area contributed by atoms with E-state index in [-0.39, 0.29) is 18.4 Å². The lowest BCUT2D eigenvalue weighted by Crippen LogP contribution is -2.44. The van der Waals surface area contributed by atoms with E-state index in [1.54, 1.807) is 13.2 Å². The Bertz CT molecular complexity index is 795. The van der Waals surface area contributed by atoms with Crippen molar-refractivity contribution < 1.29 is 18.7 Å². The van der Waals surface area contributed by atoms with Crippen molar-refractivity contribution in [2.45, 2.75) is 53.5 Å². The predicted molar refractivity (Wildman–Crippen MR) is 106 cm³/mol. The van der Waals surface area contributed by atoms with Crippen molar-refractivity contribution in [3.05, 3.63) is 35.1 Å². The van der Waals surface area contributed by atoms with Crippen LogP contribution in [0.25, 0.3) is 11.0 Å². The van der Waals surface area contributed by atoms with Gasteiger partial charge in [-0.05, 0) is 56.4 Å². The Kier molecular flexibility index (Phi) is 7.28. The molecular formula is C21H30N2O4. The number of ether oxygens (including phenoxy) is 1. The van der Waals surface area contributed by atoms with Crippen LogP contribution in [-0.2, 0) is 16.0 Å². The van der Waals surface area contributed by atoms with Gasteiger partial charge in [-0.25, -0.2) is 4.79 Å². The number of aryl methyl sites for hydroxylation is 2. The molecule has 6 heteroatoms. The van der Waals surface area contributed by atoms with Gasteiger partial charge in [-0.3, -0.25) is 4.79 Å². The molecule has 2 aromatic rings. The van der Waals surface area contributed by atoms with Crippen LogP contribution in [0, 0.1) is 19.8 Å². The largest absolute Gasteiger partial charge is 0.464 e. The van der Waals surface area contributed by atoms with Gasteiger partial charge in [0.1, 0.15) is 5.58 Å². The van der Waals surface area contributed by atoms with Gasteiger partial charge >= 0.3 is 6.09 Å². The molecule has 0 aliphatic rings. The smallest absolute Gasteiger partial charge is 0.407 e. The van der Waals surface area contributed by atoms with Crippen molar-refractivity contribution in [3.8, 4) is 0 Å². The van der Waals surface area contributed by atoms with E-state index in [2.05, 4.69) is 30.5 Å². The summed E-state index contributed by atoms with van der Waals surface area (Å²) >= 11 is 0. The topological polar surface area (TPSA) is 80.6 Å². The van der Waals surface area contributed by atoms with E-state index >= 15 is 0 Å². The summed E-state index contributed by atoms with van der Waals surface area (Å²) in [7, 11) is 0. The van der Waals surface area contributed by atoms with Crippen molar-refractivity contribution in [1.82, 2.24) is 10.6 Å². The van der Waals surface area contributed by atoms with E-state index in [9.17, 15) is 9.59 Å². The Morgan fingerprint density at radius 1 is 1.19 bits per heavy atom. The zero-order chi connectivity index (χ0) is 20.0. The summed E-state index contributed by atoms with van der Waals surface area (Å²) in [6, 6.07) is 3.88. The third kappa shape index (κ3) is 6.01. The van der Waals surface area contributed by atoms with E-state index in [4.69, 9.17) is 9.15 Å². The summed E-state index contributed by atoms with van der Waals surface area (Å²) in [6.07, 6.45) is 2.19. The van der Waals surface area contributed by atoms with Gasteiger partial charge in [-0.1, -0.05) is 13.8 Å². The molecule has 148 valence electrons. The van der Waals surface area contributed by atoms with Gasteiger partial charge in [0.2, 0.25) is 5.91 Å². The number of hydrogen-bond donors (Lipinski definition) is 2. The third-order valence-electron chi connectivity index (χ3n) is 4.52. The van der Waals surface area contributed by atoms with Crippen LogP contribution in [0.2, 0.25) is 0 Å². The first kappa shape index (κ1) is 20.8. The summed E-state index contributed by atoms with van der Waals surface area (Å²) in [5.41, 5.74) is 3.99. The molecule has 1 aromatic carbocycles. The molecule has 1 unspecified atom stereocenters. The number of alkyl carbamates (subject to hydrolysis) is 1. The molecule has 0 saturated heterocycles. The number of benzene rings is 1. The van der Waals surface area contributed by atoms with Gasteiger partial charge in [-0.2, -0.15) is 0 Å². The van der Waals surface area contributed by atoms with Crippen LogP contribution >= 0.6 is 0 Å². The van der Waals surface area contributed by atoms with Crippen molar-refractivity contribution in [2.75, 3.05) is 13.2 Å². The molecule has 0 aliphatic carbocycles. The number of amides is 2. The second-order valence-corrected chi connectivity index (χ2v) is 7.37. The first-order valence-electron chi connectivity index (χ1n) is 9.47. The number of rotatable bonds is 8. The Morgan fingerprint density at radius 2 is 1.89 bits per heavy atom. The number of hydrogen-bond acceptors (Lipinski definition) is 4. The number of carbonyl (C=O) groups excluding carboxylic acids is 2. The lowest BCUT2D eigenvalue weighted by Gasteiger charge is -2.20. The van der Waals surface area contributed by atoms with E-state index in [1.807, 2.05) is 19.9 Å². The number of carbonyl (C=O) groups is 2. The maximum atomic E-state index is 12.4. The molecule has 2 N–H and O–H groups in total. The van der Waals surface area contributed by atoms with Crippen LogP contribution in [0.3, 0.4) is 0 Å². The van der Waals surface area contributed by atoms with Crippen molar-refractivity contribution >= 4 is 23.0 Å². The molecule has 0 bridgehead atoms. The molecule has 0 spiro atoms. The van der Waals surface area contributed by atoms with Gasteiger partial charge in [0.25, 0.3) is 0 Å². The summed E-state index contributed by atoms with van der Waals surface area (Å²) in [6.45, 7) is 10.7. The molecular weight excluding hydrogens is 344 g/mol. The highest BCUT2D eigenvalue weighted by Crippen LogP contribution is 2.25. The average Bonchev–Trinajstić information content (AvgIpc) is 2.94. The minimum atomic E-state index is -0.455. The monoisotopic (exact) mass is 374 g/mol. The van der Waals surface area contributed by atoms with Crippen LogP contribution in [0.5, 0.6) is 0 Å². The Labute approximate surface area is 160 Å². The highest BCUT2D eigenvalue weighted by atomic mass is 16.5. The highest BCUT2D eigenvalue weighted by Gasteiger charge is 2.17. The van der Waals surface area contributed by atoms with E-state index in [0.717, 1.165) is 28.5 Å². The standard InChI is InChI=1S/C21H30N2O4/c1-6-26-21(25)23-17(7-13(2)3)11-22-20(24)10-16-12-27-19-9-15(5)14(4)8-18(16)19/h8-9,12-13,17H,6-7,10-11H2,1-5H3,(H,22,24)(H,23,25). The van der Waals surface area contributed by atoms with Gasteiger partial charge in [0.05, 0.1) is 19.3 Å². The SMILES string of the molecule is CCOC(=O)NC(CNC(=O)Cc1coc2cc(C)c(C)cc12)CC(C)C. The molecule has 1 heterocycles. The first-order valence-corrected chi connectivity index (χ1v) is 9.47. The van der Waals surface area contributed by atoms with E-state index < -0.39 is 6.09 Å². The lowest BCUT2D eigenvalue weighted by atomic mass is 10.0. The lowest BCUT2D eigenvalue weighted by molar-refractivity contribution is -0.120. The minimum Gasteiger partial charge on any atom is -0.464 e. The maximum Gasteiger partial charge on any atom is 0.407 e. The average molecular weight is 374 g/mol. The molecule has 0 saturated carbocycles. The summed E-state index contributed by atoms with van der Waals surface area (Å²) in [5.74, 6) is 0.285. The van der Waals surface area contributed by atoms with Crippen molar-refractivity contribution in [1.29, 1.82) is 0 Å². The highest BCUT2D eigenvalue weighted by molar-refractivity contribution is 5.88. The molecule has 2 amide bonds. The van der Waals surface area contributed by atoms with Crippen LogP contribution in [0.1, 0.15) is 43.9 Å². The molecule has 27 heavy (non-hydrogen) atoms. The zero-order valence-electron chi connectivity index (χ0n) is 16.8. The summed E-state index contributed by atoms with van der Waals surface area (Å²) in [5, 5.41) is 6.70. The number of fused-ring (bicyclic) bond motifs is 1. The van der Waals surface area contributed by atoms with Crippen LogP contribution < -0.4 is 10.6 Å². The Balaban J connectivity index is 1.97. The summed E-state index contributed by atoms with van der Waals surface area (Å²) < 4.78 is 10.5. The van der Waals surface area contributed by atoms with Crippen LogP contribution in [0.4, 0.5) is 4.79 Å². The normalized spacial score (nSPS) is 12.2. The van der Waals surface area contributed by atoms with Gasteiger partial charge in [0.15, 0.2) is 0 Å². The molecule has 1 aromatic heterocycles. The number of furan rings is 1. The second-order valence-electron chi connectivity index (χ2n) is 7.37. The number of nitrogens with one attached hydrogen (secondary N) is 2. The second kappa shape index (κ2) is 9.44. The van der Waals surface area contributed by atoms with Gasteiger partial charge < -0.3 is 19.8 Å². The van der Waals surface area contributed by atoms with E-state index in [1.165, 1.54) is 5.56 Å². The molecule has 1 atom stereocenters. The summed E-state index contributed by atoms with van der Waals surface area (Å²) in [4.78, 5) is 24.1. The van der Waals surface area contributed by atoms with Crippen LogP contribution in [0.15, 0.2) is 22.8 Å². The van der Waals surface area contributed by atoms with Crippen molar-refractivity contribution in [3.63, 3.8) is 0 Å². The fourth-order valence-electron chi connectivity index (χ4n) is 3.05. The molecule has 0 fully saturated rings.